The molecule has 0 aromatic heterocycles. The fourth-order valence-electron chi connectivity index (χ4n) is 3.03. The molecule has 2 N–H and O–H groups in total. The first-order valence-electron chi connectivity index (χ1n) is 6.65. The highest BCUT2D eigenvalue weighted by Gasteiger charge is 2.42. The van der Waals surface area contributed by atoms with Gasteiger partial charge in [-0.3, -0.25) is 4.90 Å². The lowest BCUT2D eigenvalue weighted by molar-refractivity contribution is 0.151. The van der Waals surface area contributed by atoms with Crippen LogP contribution in [0.1, 0.15) is 25.8 Å². The van der Waals surface area contributed by atoms with Crippen molar-refractivity contribution in [3.05, 3.63) is 29.8 Å². The van der Waals surface area contributed by atoms with Gasteiger partial charge in [-0.05, 0) is 44.2 Å². The van der Waals surface area contributed by atoms with Crippen molar-refractivity contribution in [1.29, 1.82) is 0 Å². The van der Waals surface area contributed by atoms with Gasteiger partial charge in [0.05, 0.1) is 0 Å². The molecule has 1 aromatic rings. The standard InChI is InChI=1S/C15H22N2O2/c1-15(2)12(8-9-19-3)10-11-6-4-5-7-13(11)17(15)14(16)18/h4-7,12H,8-10H2,1-3H3,(H2,16,18). The summed E-state index contributed by atoms with van der Waals surface area (Å²) in [4.78, 5) is 13.6. The van der Waals surface area contributed by atoms with E-state index < -0.39 is 0 Å². The molecule has 0 saturated carbocycles. The summed E-state index contributed by atoms with van der Waals surface area (Å²) in [6, 6.07) is 7.60. The van der Waals surface area contributed by atoms with Crippen molar-refractivity contribution in [2.75, 3.05) is 18.6 Å². The van der Waals surface area contributed by atoms with E-state index in [-0.39, 0.29) is 11.6 Å². The van der Waals surface area contributed by atoms with Gasteiger partial charge in [0.2, 0.25) is 0 Å². The van der Waals surface area contributed by atoms with Gasteiger partial charge in [-0.25, -0.2) is 4.79 Å². The van der Waals surface area contributed by atoms with Gasteiger partial charge in [0.1, 0.15) is 0 Å². The number of para-hydroxylation sites is 1. The summed E-state index contributed by atoms with van der Waals surface area (Å²) in [7, 11) is 1.70. The number of rotatable bonds is 3. The van der Waals surface area contributed by atoms with E-state index in [9.17, 15) is 4.79 Å². The molecule has 2 amide bonds. The molecule has 1 aliphatic rings. The second-order valence-electron chi connectivity index (χ2n) is 5.64. The molecule has 0 radical (unpaired) electrons. The molecule has 1 unspecified atom stereocenters. The Morgan fingerprint density at radius 3 is 2.79 bits per heavy atom. The molecule has 0 aliphatic carbocycles. The number of fused-ring (bicyclic) bond motifs is 1. The van der Waals surface area contributed by atoms with Crippen molar-refractivity contribution >= 4 is 11.7 Å². The molecule has 4 nitrogen and oxygen atoms in total. The number of carbonyl (C=O) groups is 1. The number of benzene rings is 1. The minimum Gasteiger partial charge on any atom is -0.385 e. The third kappa shape index (κ3) is 2.45. The molecule has 0 fully saturated rings. The van der Waals surface area contributed by atoms with Crippen LogP contribution >= 0.6 is 0 Å². The van der Waals surface area contributed by atoms with E-state index in [4.69, 9.17) is 10.5 Å². The molecular formula is C15H22N2O2. The van der Waals surface area contributed by atoms with Gasteiger partial charge in [-0.2, -0.15) is 0 Å². The second-order valence-corrected chi connectivity index (χ2v) is 5.64. The summed E-state index contributed by atoms with van der Waals surface area (Å²) >= 11 is 0. The highest BCUT2D eigenvalue weighted by atomic mass is 16.5. The van der Waals surface area contributed by atoms with Crippen LogP contribution in [0.2, 0.25) is 0 Å². The molecule has 0 bridgehead atoms. The van der Waals surface area contributed by atoms with Crippen LogP contribution in [0.3, 0.4) is 0 Å². The quantitative estimate of drug-likeness (QED) is 0.910. The van der Waals surface area contributed by atoms with Gasteiger partial charge in [-0.15, -0.1) is 0 Å². The maximum Gasteiger partial charge on any atom is 0.319 e. The third-order valence-corrected chi connectivity index (χ3v) is 4.17. The van der Waals surface area contributed by atoms with Crippen molar-refractivity contribution in [3.8, 4) is 0 Å². The molecule has 0 spiro atoms. The van der Waals surface area contributed by atoms with Crippen molar-refractivity contribution in [2.45, 2.75) is 32.2 Å². The molecule has 1 aliphatic heterocycles. The molecule has 1 aromatic carbocycles. The number of hydrogen-bond donors (Lipinski definition) is 1. The second kappa shape index (κ2) is 5.21. The van der Waals surface area contributed by atoms with Crippen molar-refractivity contribution < 1.29 is 9.53 Å². The zero-order valence-corrected chi connectivity index (χ0v) is 11.8. The number of hydrogen-bond acceptors (Lipinski definition) is 2. The summed E-state index contributed by atoms with van der Waals surface area (Å²) < 4.78 is 5.19. The van der Waals surface area contributed by atoms with Crippen LogP contribution in [0.4, 0.5) is 10.5 Å². The average molecular weight is 262 g/mol. The average Bonchev–Trinajstić information content (AvgIpc) is 2.34. The molecule has 1 atom stereocenters. The maximum absolute atomic E-state index is 11.9. The number of amides is 2. The lowest BCUT2D eigenvalue weighted by Gasteiger charge is -2.48. The van der Waals surface area contributed by atoms with Gasteiger partial charge in [0, 0.05) is 24.9 Å². The third-order valence-electron chi connectivity index (χ3n) is 4.17. The van der Waals surface area contributed by atoms with Crippen LogP contribution < -0.4 is 10.6 Å². The number of methoxy groups -OCH3 is 1. The topological polar surface area (TPSA) is 55.6 Å². The predicted molar refractivity (Wildman–Crippen MR) is 76.3 cm³/mol. The van der Waals surface area contributed by atoms with Crippen molar-refractivity contribution in [3.63, 3.8) is 0 Å². The summed E-state index contributed by atoms with van der Waals surface area (Å²) in [5.74, 6) is 0.342. The molecular weight excluding hydrogens is 240 g/mol. The Morgan fingerprint density at radius 2 is 2.16 bits per heavy atom. The molecule has 1 heterocycles. The smallest absolute Gasteiger partial charge is 0.319 e. The minimum atomic E-state index is -0.389. The monoisotopic (exact) mass is 262 g/mol. The Labute approximate surface area is 114 Å². The number of carbonyl (C=O) groups excluding carboxylic acids is 1. The van der Waals surface area contributed by atoms with E-state index >= 15 is 0 Å². The first kappa shape index (κ1) is 13.9. The van der Waals surface area contributed by atoms with E-state index in [0.29, 0.717) is 12.5 Å². The lowest BCUT2D eigenvalue weighted by Crippen LogP contribution is -2.58. The fourth-order valence-corrected chi connectivity index (χ4v) is 3.03. The number of nitrogens with two attached hydrogens (primary N) is 1. The van der Waals surface area contributed by atoms with E-state index in [1.807, 2.05) is 18.2 Å². The summed E-state index contributed by atoms with van der Waals surface area (Å²) in [6.07, 6.45) is 1.87. The van der Waals surface area contributed by atoms with Crippen molar-refractivity contribution in [2.24, 2.45) is 11.7 Å². The SMILES string of the molecule is COCCC1Cc2ccccc2N(C(N)=O)C1(C)C. The number of urea groups is 1. The zero-order valence-electron chi connectivity index (χ0n) is 11.8. The fraction of sp³-hybridized carbons (Fsp3) is 0.533. The maximum atomic E-state index is 11.9. The highest BCUT2D eigenvalue weighted by Crippen LogP contribution is 2.41. The summed E-state index contributed by atoms with van der Waals surface area (Å²) in [6.45, 7) is 4.85. The molecule has 4 heteroatoms. The Kier molecular flexibility index (Phi) is 3.80. The van der Waals surface area contributed by atoms with Gasteiger partial charge in [-0.1, -0.05) is 18.2 Å². The van der Waals surface area contributed by atoms with Crippen LogP contribution in [0.5, 0.6) is 0 Å². The van der Waals surface area contributed by atoms with Crippen LogP contribution in [-0.4, -0.2) is 25.3 Å². The van der Waals surface area contributed by atoms with Gasteiger partial charge < -0.3 is 10.5 Å². The van der Waals surface area contributed by atoms with Crippen LogP contribution in [0.25, 0.3) is 0 Å². The number of ether oxygens (including phenoxy) is 1. The first-order valence-corrected chi connectivity index (χ1v) is 6.65. The number of nitrogens with zero attached hydrogens (tertiary/aromatic N) is 1. The molecule has 104 valence electrons. The van der Waals surface area contributed by atoms with Gasteiger partial charge in [0.25, 0.3) is 0 Å². The van der Waals surface area contributed by atoms with Crippen LogP contribution in [-0.2, 0) is 11.2 Å². The zero-order chi connectivity index (χ0) is 14.0. The van der Waals surface area contributed by atoms with Crippen LogP contribution in [0, 0.1) is 5.92 Å². The van der Waals surface area contributed by atoms with Crippen LogP contribution in [0.15, 0.2) is 24.3 Å². The van der Waals surface area contributed by atoms with E-state index in [1.54, 1.807) is 12.0 Å². The predicted octanol–water partition coefficient (Wildman–Crippen LogP) is 2.56. The highest BCUT2D eigenvalue weighted by molar-refractivity contribution is 5.93. The minimum absolute atomic E-state index is 0.293. The van der Waals surface area contributed by atoms with E-state index in [2.05, 4.69) is 19.9 Å². The first-order chi connectivity index (χ1) is 8.98. The Balaban J connectivity index is 2.42. The molecule has 2 rings (SSSR count). The summed E-state index contributed by atoms with van der Waals surface area (Å²) in [5, 5.41) is 0. The molecule has 19 heavy (non-hydrogen) atoms. The van der Waals surface area contributed by atoms with E-state index in [0.717, 1.165) is 18.5 Å². The van der Waals surface area contributed by atoms with Crippen molar-refractivity contribution in [1.82, 2.24) is 0 Å². The normalized spacial score (nSPS) is 21.0. The Morgan fingerprint density at radius 1 is 1.47 bits per heavy atom. The Bertz CT molecular complexity index is 471. The number of primary amides is 1. The summed E-state index contributed by atoms with van der Waals surface area (Å²) in [5.41, 5.74) is 7.43. The number of anilines is 1. The van der Waals surface area contributed by atoms with Gasteiger partial charge >= 0.3 is 6.03 Å². The molecule has 0 saturated heterocycles. The Hall–Kier alpha value is -1.55. The largest absolute Gasteiger partial charge is 0.385 e. The van der Waals surface area contributed by atoms with E-state index in [1.165, 1.54) is 5.56 Å². The van der Waals surface area contributed by atoms with Gasteiger partial charge in [0.15, 0.2) is 0 Å². The lowest BCUT2D eigenvalue weighted by atomic mass is 9.75.